The van der Waals surface area contributed by atoms with Crippen molar-refractivity contribution < 1.29 is 5.11 Å². The average Bonchev–Trinajstić information content (AvgIpc) is 2.46. The Balaban J connectivity index is 1.88. The number of hydrogen-bond acceptors (Lipinski definition) is 3. The van der Waals surface area contributed by atoms with Crippen LogP contribution in [0.5, 0.6) is 5.75 Å². The molecule has 0 bridgehead atoms. The van der Waals surface area contributed by atoms with Crippen molar-refractivity contribution in [3.63, 3.8) is 0 Å². The number of rotatable bonds is 3. The zero-order valence-corrected chi connectivity index (χ0v) is 10.4. The summed E-state index contributed by atoms with van der Waals surface area (Å²) >= 11 is 0. The van der Waals surface area contributed by atoms with Crippen LogP contribution in [0.25, 0.3) is 10.8 Å². The minimum Gasteiger partial charge on any atom is -0.508 e. The van der Waals surface area contributed by atoms with E-state index in [1.54, 1.807) is 12.3 Å². The highest BCUT2D eigenvalue weighted by Crippen LogP contribution is 2.24. The number of fused-ring (bicyclic) bond motifs is 1. The lowest BCUT2D eigenvalue weighted by Gasteiger charge is -2.10. The van der Waals surface area contributed by atoms with Gasteiger partial charge in [-0.2, -0.15) is 0 Å². The van der Waals surface area contributed by atoms with Crippen LogP contribution in [0.4, 0.5) is 5.69 Å². The fraction of sp³-hybridized carbons (Fsp3) is 0.0625. The molecule has 2 N–H and O–H groups in total. The molecule has 0 spiro atoms. The molecule has 0 fully saturated rings. The van der Waals surface area contributed by atoms with Gasteiger partial charge in [-0.15, -0.1) is 0 Å². The summed E-state index contributed by atoms with van der Waals surface area (Å²) in [7, 11) is 0. The molecule has 3 rings (SSSR count). The van der Waals surface area contributed by atoms with E-state index in [0.717, 1.165) is 22.0 Å². The van der Waals surface area contributed by atoms with Gasteiger partial charge in [0.2, 0.25) is 0 Å². The molecule has 0 saturated carbocycles. The van der Waals surface area contributed by atoms with E-state index >= 15 is 0 Å². The van der Waals surface area contributed by atoms with Crippen molar-refractivity contribution >= 4 is 16.5 Å². The number of para-hydroxylation sites is 1. The summed E-state index contributed by atoms with van der Waals surface area (Å²) in [4.78, 5) is 4.12. The summed E-state index contributed by atoms with van der Waals surface area (Å²) in [5, 5.41) is 15.3. The third kappa shape index (κ3) is 2.36. The Morgan fingerprint density at radius 3 is 2.79 bits per heavy atom. The molecule has 0 unspecified atom stereocenters. The van der Waals surface area contributed by atoms with Crippen LogP contribution in [0.3, 0.4) is 0 Å². The van der Waals surface area contributed by atoms with E-state index < -0.39 is 0 Å². The monoisotopic (exact) mass is 250 g/mol. The van der Waals surface area contributed by atoms with Crippen LogP contribution in [0.2, 0.25) is 0 Å². The highest BCUT2D eigenvalue weighted by Gasteiger charge is 2.02. The van der Waals surface area contributed by atoms with Gasteiger partial charge in [-0.3, -0.25) is 4.98 Å². The van der Waals surface area contributed by atoms with E-state index in [4.69, 9.17) is 0 Å². The molecule has 94 valence electrons. The van der Waals surface area contributed by atoms with Gasteiger partial charge in [-0.1, -0.05) is 30.3 Å². The number of benzene rings is 2. The van der Waals surface area contributed by atoms with Crippen molar-refractivity contribution in [1.82, 2.24) is 4.98 Å². The lowest BCUT2D eigenvalue weighted by molar-refractivity contribution is 0.469. The first-order valence-electron chi connectivity index (χ1n) is 6.18. The average molecular weight is 250 g/mol. The van der Waals surface area contributed by atoms with E-state index in [9.17, 15) is 5.11 Å². The quantitative estimate of drug-likeness (QED) is 0.747. The topological polar surface area (TPSA) is 45.1 Å². The maximum absolute atomic E-state index is 9.75. The zero-order chi connectivity index (χ0) is 13.1. The van der Waals surface area contributed by atoms with Crippen molar-refractivity contribution in [2.45, 2.75) is 6.54 Å². The maximum atomic E-state index is 9.75. The van der Waals surface area contributed by atoms with Gasteiger partial charge in [0.15, 0.2) is 0 Å². The van der Waals surface area contributed by atoms with Crippen molar-refractivity contribution in [2.75, 3.05) is 5.32 Å². The molecule has 3 aromatic rings. The number of nitrogens with zero attached hydrogens (tertiary/aromatic N) is 1. The van der Waals surface area contributed by atoms with Crippen molar-refractivity contribution in [1.29, 1.82) is 0 Å². The number of pyridine rings is 1. The standard InChI is InChI=1S/C16H14N2O/c19-16-7-2-1-4-13(16)11-18-15-6-3-5-12-10-17-9-8-14(12)15/h1-10,18-19H,11H2. The fourth-order valence-corrected chi connectivity index (χ4v) is 2.13. The van der Waals surface area contributed by atoms with E-state index in [1.807, 2.05) is 48.7 Å². The summed E-state index contributed by atoms with van der Waals surface area (Å²) in [5.74, 6) is 0.317. The second kappa shape index (κ2) is 4.98. The number of nitrogens with one attached hydrogen (secondary N) is 1. The van der Waals surface area contributed by atoms with Crippen LogP contribution < -0.4 is 5.32 Å². The third-order valence-electron chi connectivity index (χ3n) is 3.14. The molecule has 0 saturated heterocycles. The molecule has 19 heavy (non-hydrogen) atoms. The number of anilines is 1. The summed E-state index contributed by atoms with van der Waals surface area (Å²) in [6.07, 6.45) is 3.63. The van der Waals surface area contributed by atoms with Gasteiger partial charge in [0, 0.05) is 41.0 Å². The van der Waals surface area contributed by atoms with Crippen molar-refractivity contribution in [2.24, 2.45) is 0 Å². The van der Waals surface area contributed by atoms with Crippen LogP contribution >= 0.6 is 0 Å². The van der Waals surface area contributed by atoms with Crippen LogP contribution in [0.15, 0.2) is 60.9 Å². The molecule has 1 heterocycles. The van der Waals surface area contributed by atoms with Crippen LogP contribution in [0, 0.1) is 0 Å². The number of aromatic nitrogens is 1. The molecule has 2 aromatic carbocycles. The first kappa shape index (κ1) is 11.5. The van der Waals surface area contributed by atoms with Gasteiger partial charge >= 0.3 is 0 Å². The molecule has 3 nitrogen and oxygen atoms in total. The fourth-order valence-electron chi connectivity index (χ4n) is 2.13. The lowest BCUT2D eigenvalue weighted by Crippen LogP contribution is -2.00. The van der Waals surface area contributed by atoms with Gasteiger partial charge in [0.25, 0.3) is 0 Å². The third-order valence-corrected chi connectivity index (χ3v) is 3.14. The number of phenols is 1. The highest BCUT2D eigenvalue weighted by atomic mass is 16.3. The highest BCUT2D eigenvalue weighted by molar-refractivity contribution is 5.93. The van der Waals surface area contributed by atoms with E-state index in [1.165, 1.54) is 0 Å². The minimum atomic E-state index is 0.317. The van der Waals surface area contributed by atoms with Crippen LogP contribution in [0.1, 0.15) is 5.56 Å². The summed E-state index contributed by atoms with van der Waals surface area (Å²) in [6, 6.07) is 15.4. The number of phenolic OH excluding ortho intramolecular Hbond substituents is 1. The van der Waals surface area contributed by atoms with E-state index in [-0.39, 0.29) is 0 Å². The normalized spacial score (nSPS) is 10.5. The van der Waals surface area contributed by atoms with Gasteiger partial charge < -0.3 is 10.4 Å². The predicted octanol–water partition coefficient (Wildman–Crippen LogP) is 3.55. The molecule has 0 amide bonds. The van der Waals surface area contributed by atoms with Gasteiger partial charge in [-0.05, 0) is 18.2 Å². The molecule has 0 aliphatic rings. The first-order valence-corrected chi connectivity index (χ1v) is 6.18. The molecular weight excluding hydrogens is 236 g/mol. The second-order valence-electron chi connectivity index (χ2n) is 4.38. The smallest absolute Gasteiger partial charge is 0.120 e. The van der Waals surface area contributed by atoms with Gasteiger partial charge in [0.1, 0.15) is 5.75 Å². The summed E-state index contributed by atoms with van der Waals surface area (Å²) < 4.78 is 0. The largest absolute Gasteiger partial charge is 0.508 e. The Kier molecular flexibility index (Phi) is 3.02. The Morgan fingerprint density at radius 2 is 1.89 bits per heavy atom. The van der Waals surface area contributed by atoms with E-state index in [2.05, 4.69) is 10.3 Å². The van der Waals surface area contributed by atoms with Crippen LogP contribution in [-0.2, 0) is 6.54 Å². The van der Waals surface area contributed by atoms with Gasteiger partial charge in [0.05, 0.1) is 0 Å². The number of aromatic hydroxyl groups is 1. The summed E-state index contributed by atoms with van der Waals surface area (Å²) in [6.45, 7) is 0.591. The van der Waals surface area contributed by atoms with Crippen LogP contribution in [-0.4, -0.2) is 10.1 Å². The lowest BCUT2D eigenvalue weighted by atomic mass is 10.1. The van der Waals surface area contributed by atoms with Gasteiger partial charge in [-0.25, -0.2) is 0 Å². The first-order chi connectivity index (χ1) is 9.34. The molecule has 0 atom stereocenters. The Morgan fingerprint density at radius 1 is 1.00 bits per heavy atom. The molecule has 1 aromatic heterocycles. The van der Waals surface area contributed by atoms with Crippen molar-refractivity contribution in [3.8, 4) is 5.75 Å². The minimum absolute atomic E-state index is 0.317. The molecule has 3 heteroatoms. The Hall–Kier alpha value is -2.55. The van der Waals surface area contributed by atoms with Crippen molar-refractivity contribution in [3.05, 3.63) is 66.5 Å². The zero-order valence-electron chi connectivity index (χ0n) is 10.4. The number of hydrogen-bond donors (Lipinski definition) is 2. The van der Waals surface area contributed by atoms with E-state index in [0.29, 0.717) is 12.3 Å². The SMILES string of the molecule is Oc1ccccc1CNc1cccc2cnccc12. The predicted molar refractivity (Wildman–Crippen MR) is 77.2 cm³/mol. The molecule has 0 radical (unpaired) electrons. The second-order valence-corrected chi connectivity index (χ2v) is 4.38. The molecular formula is C16H14N2O. The molecule has 0 aliphatic heterocycles. The molecule has 0 aliphatic carbocycles. The Bertz CT molecular complexity index is 704. The summed E-state index contributed by atoms with van der Waals surface area (Å²) in [5.41, 5.74) is 1.93. The maximum Gasteiger partial charge on any atom is 0.120 e. The Labute approximate surface area is 111 Å².